The highest BCUT2D eigenvalue weighted by Crippen LogP contribution is 2.68. The summed E-state index contributed by atoms with van der Waals surface area (Å²) in [6.07, 6.45) is 11.6. The van der Waals surface area contributed by atoms with E-state index in [9.17, 15) is 4.79 Å². The quantitative estimate of drug-likeness (QED) is 0.409. The minimum Gasteiger partial charge on any atom is -0.462 e. The van der Waals surface area contributed by atoms with Gasteiger partial charge in [0, 0.05) is 30.6 Å². The van der Waals surface area contributed by atoms with Gasteiger partial charge in [0.15, 0.2) is 5.79 Å². The molecule has 5 aliphatic rings. The van der Waals surface area contributed by atoms with Crippen molar-refractivity contribution in [1.82, 2.24) is 0 Å². The lowest BCUT2D eigenvalue weighted by molar-refractivity contribution is -0.346. The van der Waals surface area contributed by atoms with Crippen LogP contribution in [0.25, 0.3) is 0 Å². The molecule has 4 fully saturated rings. The Balaban J connectivity index is 1.38. The molecule has 0 aromatic rings. The maximum absolute atomic E-state index is 11.5. The van der Waals surface area contributed by atoms with Crippen LogP contribution in [0.5, 0.6) is 0 Å². The van der Waals surface area contributed by atoms with E-state index >= 15 is 0 Å². The molecule has 3 saturated carbocycles. The maximum Gasteiger partial charge on any atom is 0.302 e. The number of fused-ring (bicyclic) bond motifs is 6. The van der Waals surface area contributed by atoms with Crippen LogP contribution in [0.1, 0.15) is 86.0 Å². The third kappa shape index (κ3) is 2.96. The summed E-state index contributed by atoms with van der Waals surface area (Å²) in [6, 6.07) is 0. The number of allylic oxidation sites excluding steroid dienone is 1. The third-order valence-electron chi connectivity index (χ3n) is 9.83. The molecule has 4 nitrogen and oxygen atoms in total. The highest BCUT2D eigenvalue weighted by molar-refractivity contribution is 5.66. The van der Waals surface area contributed by atoms with E-state index in [2.05, 4.69) is 33.8 Å². The van der Waals surface area contributed by atoms with Gasteiger partial charge in [-0.05, 0) is 61.7 Å². The molecule has 6 atom stereocenters. The van der Waals surface area contributed by atoms with Crippen molar-refractivity contribution < 1.29 is 19.0 Å². The molecule has 1 heterocycles. The summed E-state index contributed by atoms with van der Waals surface area (Å²) >= 11 is 0. The van der Waals surface area contributed by atoms with Crippen LogP contribution in [0.3, 0.4) is 0 Å². The molecule has 0 radical (unpaired) electrons. The van der Waals surface area contributed by atoms with E-state index in [0.29, 0.717) is 5.92 Å². The summed E-state index contributed by atoms with van der Waals surface area (Å²) in [4.78, 5) is 11.5. The second kappa shape index (κ2) is 6.81. The lowest BCUT2D eigenvalue weighted by Gasteiger charge is -2.60. The van der Waals surface area contributed by atoms with E-state index in [-0.39, 0.29) is 34.1 Å². The first-order valence-electron chi connectivity index (χ1n) is 12.2. The van der Waals surface area contributed by atoms with Crippen LogP contribution in [0.4, 0.5) is 0 Å². The minimum absolute atomic E-state index is 0.0781. The van der Waals surface area contributed by atoms with Gasteiger partial charge in [-0.3, -0.25) is 4.79 Å². The van der Waals surface area contributed by atoms with Crippen molar-refractivity contribution >= 4 is 5.97 Å². The standard InChI is InChI=1S/C26H40O4/c1-17(27)30-19-8-11-24(4)18(14-19)6-7-20-21(24)9-12-25(5)22(20)10-13-26(25)28-15-23(2,3)16-29-26/h6,19-22H,7-16H2,1-5H3/t19-,20+,21-,22-,24-,25-/m0/s1. The highest BCUT2D eigenvalue weighted by atomic mass is 16.7. The van der Waals surface area contributed by atoms with Gasteiger partial charge in [-0.2, -0.15) is 0 Å². The monoisotopic (exact) mass is 416 g/mol. The lowest BCUT2D eigenvalue weighted by atomic mass is 9.47. The van der Waals surface area contributed by atoms with Gasteiger partial charge in [0.05, 0.1) is 13.2 Å². The molecule has 5 rings (SSSR count). The van der Waals surface area contributed by atoms with Crippen molar-refractivity contribution in [3.05, 3.63) is 11.6 Å². The second-order valence-corrected chi connectivity index (χ2v) is 12.2. The van der Waals surface area contributed by atoms with Crippen molar-refractivity contribution in [2.24, 2.45) is 34.0 Å². The number of esters is 1. The SMILES string of the molecule is CC(=O)O[C@H]1CC[C@@]2(C)C(=CC[C@@H]3[C@@H]2CC[C@@]2(C)[C@H]3CCC23OCC(C)(C)CO3)C1. The fourth-order valence-electron chi connectivity index (χ4n) is 8.10. The van der Waals surface area contributed by atoms with Gasteiger partial charge in [0.25, 0.3) is 0 Å². The van der Waals surface area contributed by atoms with Gasteiger partial charge in [-0.15, -0.1) is 0 Å². The summed E-state index contributed by atoms with van der Waals surface area (Å²) in [5, 5.41) is 0. The van der Waals surface area contributed by atoms with Crippen LogP contribution in [0.2, 0.25) is 0 Å². The first-order valence-corrected chi connectivity index (χ1v) is 12.2. The number of carbonyl (C=O) groups excluding carboxylic acids is 1. The zero-order chi connectivity index (χ0) is 21.4. The van der Waals surface area contributed by atoms with E-state index in [1.807, 2.05) is 0 Å². The molecule has 1 spiro atoms. The second-order valence-electron chi connectivity index (χ2n) is 12.2. The number of hydrogen-bond acceptors (Lipinski definition) is 4. The van der Waals surface area contributed by atoms with Gasteiger partial charge in [0.2, 0.25) is 0 Å². The van der Waals surface area contributed by atoms with Crippen LogP contribution >= 0.6 is 0 Å². The Bertz CT molecular complexity index is 744. The van der Waals surface area contributed by atoms with E-state index in [0.717, 1.165) is 50.7 Å². The Morgan fingerprint density at radius 3 is 2.40 bits per heavy atom. The molecule has 1 saturated heterocycles. The van der Waals surface area contributed by atoms with Crippen molar-refractivity contribution in [2.45, 2.75) is 97.9 Å². The summed E-state index contributed by atoms with van der Waals surface area (Å²) in [5.41, 5.74) is 2.08. The lowest BCUT2D eigenvalue weighted by Crippen LogP contribution is -2.59. The highest BCUT2D eigenvalue weighted by Gasteiger charge is 2.66. The van der Waals surface area contributed by atoms with Gasteiger partial charge in [-0.1, -0.05) is 39.3 Å². The zero-order valence-electron chi connectivity index (χ0n) is 19.6. The summed E-state index contributed by atoms with van der Waals surface area (Å²) in [7, 11) is 0. The Morgan fingerprint density at radius 2 is 1.70 bits per heavy atom. The van der Waals surface area contributed by atoms with Gasteiger partial charge >= 0.3 is 5.97 Å². The van der Waals surface area contributed by atoms with Crippen LogP contribution in [-0.2, 0) is 19.0 Å². The Morgan fingerprint density at radius 1 is 1.00 bits per heavy atom. The number of rotatable bonds is 1. The summed E-state index contributed by atoms with van der Waals surface area (Å²) < 4.78 is 18.8. The molecule has 168 valence electrons. The third-order valence-corrected chi connectivity index (χ3v) is 9.83. The fourth-order valence-corrected chi connectivity index (χ4v) is 8.10. The van der Waals surface area contributed by atoms with Crippen LogP contribution in [0, 0.1) is 34.0 Å². The minimum atomic E-state index is -0.365. The molecule has 0 bridgehead atoms. The van der Waals surface area contributed by atoms with Crippen LogP contribution in [-0.4, -0.2) is 31.1 Å². The molecule has 4 aliphatic carbocycles. The Kier molecular flexibility index (Phi) is 4.77. The van der Waals surface area contributed by atoms with Crippen molar-refractivity contribution in [3.63, 3.8) is 0 Å². The fraction of sp³-hybridized carbons (Fsp3) is 0.885. The van der Waals surface area contributed by atoms with E-state index in [4.69, 9.17) is 14.2 Å². The molecule has 0 unspecified atom stereocenters. The largest absolute Gasteiger partial charge is 0.462 e. The van der Waals surface area contributed by atoms with E-state index in [1.54, 1.807) is 5.57 Å². The normalized spacial score (nSPS) is 46.4. The van der Waals surface area contributed by atoms with Crippen molar-refractivity contribution in [3.8, 4) is 0 Å². The van der Waals surface area contributed by atoms with Crippen LogP contribution < -0.4 is 0 Å². The first-order chi connectivity index (χ1) is 14.1. The topological polar surface area (TPSA) is 44.8 Å². The summed E-state index contributed by atoms with van der Waals surface area (Å²) in [6.45, 7) is 12.6. The molecule has 0 aromatic carbocycles. The predicted molar refractivity (Wildman–Crippen MR) is 116 cm³/mol. The number of hydrogen-bond donors (Lipinski definition) is 0. The predicted octanol–water partition coefficient (Wildman–Crippen LogP) is 5.65. The van der Waals surface area contributed by atoms with E-state index < -0.39 is 0 Å². The zero-order valence-corrected chi connectivity index (χ0v) is 19.6. The first kappa shape index (κ1) is 21.0. The number of carbonyl (C=O) groups is 1. The maximum atomic E-state index is 11.5. The Labute approximate surface area is 182 Å². The van der Waals surface area contributed by atoms with Gasteiger partial charge < -0.3 is 14.2 Å². The molecular formula is C26H40O4. The van der Waals surface area contributed by atoms with Crippen LogP contribution in [0.15, 0.2) is 11.6 Å². The number of ether oxygens (including phenoxy) is 3. The average Bonchev–Trinajstić information content (AvgIpc) is 2.97. The van der Waals surface area contributed by atoms with Crippen molar-refractivity contribution in [1.29, 1.82) is 0 Å². The smallest absolute Gasteiger partial charge is 0.302 e. The Hall–Kier alpha value is -0.870. The molecule has 0 N–H and O–H groups in total. The molecule has 4 heteroatoms. The average molecular weight is 417 g/mol. The molecule has 0 aromatic heterocycles. The molecule has 1 aliphatic heterocycles. The van der Waals surface area contributed by atoms with Gasteiger partial charge in [0.1, 0.15) is 6.10 Å². The molecule has 0 amide bonds. The van der Waals surface area contributed by atoms with E-state index in [1.165, 1.54) is 32.6 Å². The van der Waals surface area contributed by atoms with Gasteiger partial charge in [-0.25, -0.2) is 0 Å². The molecular weight excluding hydrogens is 376 g/mol. The van der Waals surface area contributed by atoms with Crippen molar-refractivity contribution in [2.75, 3.05) is 13.2 Å². The summed E-state index contributed by atoms with van der Waals surface area (Å²) in [5.74, 6) is 1.64. The molecule has 30 heavy (non-hydrogen) atoms.